The fraction of sp³-hybridized carbons (Fsp3) is 0.208. The van der Waals surface area contributed by atoms with Crippen LogP contribution in [0.25, 0.3) is 0 Å². The second-order valence-corrected chi connectivity index (χ2v) is 10.00. The number of halogens is 1. The number of amides is 1. The third-order valence-corrected chi connectivity index (χ3v) is 7.64. The molecule has 0 saturated carbocycles. The number of sulfonamides is 1. The summed E-state index contributed by atoms with van der Waals surface area (Å²) in [5.41, 5.74) is 3.00. The zero-order valence-corrected chi connectivity index (χ0v) is 19.4. The molecule has 0 radical (unpaired) electrons. The Kier molecular flexibility index (Phi) is 6.13. The fourth-order valence-electron chi connectivity index (χ4n) is 3.77. The van der Waals surface area contributed by atoms with E-state index < -0.39 is 10.0 Å². The molecule has 1 heterocycles. The van der Waals surface area contributed by atoms with Crippen molar-refractivity contribution in [1.82, 2.24) is 4.90 Å². The molecule has 166 valence electrons. The van der Waals surface area contributed by atoms with Crippen molar-refractivity contribution in [2.75, 3.05) is 25.0 Å². The van der Waals surface area contributed by atoms with E-state index in [1.807, 2.05) is 18.2 Å². The SMILES string of the molecule is COc1ccc2c(c1)CN(C(=O)c1cccc(S(=O)(=O)N(C)c3cccc(Cl)c3)c1)CC2. The first kappa shape index (κ1) is 22.2. The van der Waals surface area contributed by atoms with Crippen LogP contribution in [0.15, 0.2) is 71.6 Å². The lowest BCUT2D eigenvalue weighted by Gasteiger charge is -2.29. The molecule has 0 spiro atoms. The number of nitrogens with zero attached hydrogens (tertiary/aromatic N) is 2. The van der Waals surface area contributed by atoms with Gasteiger partial charge < -0.3 is 9.64 Å². The smallest absolute Gasteiger partial charge is 0.264 e. The van der Waals surface area contributed by atoms with Crippen LogP contribution in [0, 0.1) is 0 Å². The van der Waals surface area contributed by atoms with Crippen molar-refractivity contribution in [1.29, 1.82) is 0 Å². The third-order valence-electron chi connectivity index (χ3n) is 5.62. The molecule has 0 saturated heterocycles. The number of methoxy groups -OCH3 is 1. The summed E-state index contributed by atoms with van der Waals surface area (Å²) in [6.07, 6.45) is 0.737. The zero-order valence-electron chi connectivity index (χ0n) is 17.8. The average molecular weight is 471 g/mol. The van der Waals surface area contributed by atoms with Gasteiger partial charge in [-0.2, -0.15) is 0 Å². The zero-order chi connectivity index (χ0) is 22.9. The maximum atomic E-state index is 13.2. The summed E-state index contributed by atoms with van der Waals surface area (Å²) in [7, 11) is -0.792. The van der Waals surface area contributed by atoms with Crippen LogP contribution < -0.4 is 9.04 Å². The number of hydrogen-bond donors (Lipinski definition) is 0. The quantitative estimate of drug-likeness (QED) is 0.555. The summed E-state index contributed by atoms with van der Waals surface area (Å²) < 4.78 is 32.8. The van der Waals surface area contributed by atoms with E-state index in [-0.39, 0.29) is 10.8 Å². The number of carbonyl (C=O) groups excluding carboxylic acids is 1. The first-order chi connectivity index (χ1) is 15.3. The van der Waals surface area contributed by atoms with Crippen LogP contribution in [0.3, 0.4) is 0 Å². The number of carbonyl (C=O) groups is 1. The molecule has 1 amide bonds. The standard InChI is InChI=1S/C24H23ClN2O4S/c1-26(21-7-4-6-20(25)15-21)32(29,30)23-8-3-5-18(14-23)24(28)27-12-11-17-9-10-22(31-2)13-19(17)16-27/h3-10,13-15H,11-12,16H2,1-2H3. The number of benzene rings is 3. The van der Waals surface area contributed by atoms with Crippen LogP contribution in [-0.2, 0) is 23.0 Å². The Bertz CT molecular complexity index is 1280. The molecule has 3 aromatic rings. The predicted octanol–water partition coefficient (Wildman–Crippen LogP) is 4.37. The minimum absolute atomic E-state index is 0.0462. The topological polar surface area (TPSA) is 66.9 Å². The predicted molar refractivity (Wildman–Crippen MR) is 125 cm³/mol. The Hall–Kier alpha value is -3.03. The lowest BCUT2D eigenvalue weighted by Crippen LogP contribution is -2.36. The molecule has 0 fully saturated rings. The van der Waals surface area contributed by atoms with Gasteiger partial charge in [-0.1, -0.05) is 29.8 Å². The first-order valence-corrected chi connectivity index (χ1v) is 11.9. The maximum absolute atomic E-state index is 13.2. The highest BCUT2D eigenvalue weighted by Crippen LogP contribution is 2.27. The molecule has 0 atom stereocenters. The van der Waals surface area contributed by atoms with Crippen molar-refractivity contribution in [3.63, 3.8) is 0 Å². The van der Waals surface area contributed by atoms with Crippen LogP contribution >= 0.6 is 11.6 Å². The van der Waals surface area contributed by atoms with Gasteiger partial charge in [0.2, 0.25) is 0 Å². The van der Waals surface area contributed by atoms with E-state index in [2.05, 4.69) is 0 Å². The highest BCUT2D eigenvalue weighted by Gasteiger charge is 2.26. The van der Waals surface area contributed by atoms with Crippen LogP contribution in [-0.4, -0.2) is 39.9 Å². The van der Waals surface area contributed by atoms with Gasteiger partial charge in [0.1, 0.15) is 5.75 Å². The molecule has 0 aromatic heterocycles. The molecule has 6 nitrogen and oxygen atoms in total. The van der Waals surface area contributed by atoms with Crippen molar-refractivity contribution in [2.24, 2.45) is 0 Å². The molecule has 0 N–H and O–H groups in total. The minimum atomic E-state index is -3.87. The maximum Gasteiger partial charge on any atom is 0.264 e. The van der Waals surface area contributed by atoms with E-state index in [1.165, 1.54) is 24.7 Å². The normalized spacial score (nSPS) is 13.4. The highest BCUT2D eigenvalue weighted by molar-refractivity contribution is 7.92. The van der Waals surface area contributed by atoms with Crippen LogP contribution in [0.4, 0.5) is 5.69 Å². The lowest BCUT2D eigenvalue weighted by molar-refractivity contribution is 0.0734. The van der Waals surface area contributed by atoms with Gasteiger partial charge in [-0.3, -0.25) is 9.10 Å². The van der Waals surface area contributed by atoms with Crippen LogP contribution in [0.5, 0.6) is 5.75 Å². The largest absolute Gasteiger partial charge is 0.497 e. The summed E-state index contributed by atoms with van der Waals surface area (Å²) >= 11 is 6.01. The Balaban J connectivity index is 1.59. The van der Waals surface area contributed by atoms with E-state index in [4.69, 9.17) is 16.3 Å². The van der Waals surface area contributed by atoms with E-state index in [0.717, 1.165) is 22.0 Å². The van der Waals surface area contributed by atoms with Crippen molar-refractivity contribution in [3.8, 4) is 5.75 Å². The van der Waals surface area contributed by atoms with Crippen molar-refractivity contribution >= 4 is 33.2 Å². The van der Waals surface area contributed by atoms with Gasteiger partial charge in [-0.05, 0) is 66.1 Å². The van der Waals surface area contributed by atoms with Gasteiger partial charge in [0.25, 0.3) is 15.9 Å². The molecule has 3 aromatic carbocycles. The van der Waals surface area contributed by atoms with Crippen molar-refractivity contribution < 1.29 is 17.9 Å². The van der Waals surface area contributed by atoms with Gasteiger partial charge in [0.15, 0.2) is 0 Å². The summed E-state index contributed by atoms with van der Waals surface area (Å²) in [5, 5.41) is 0.440. The lowest BCUT2D eigenvalue weighted by atomic mass is 9.99. The second kappa shape index (κ2) is 8.84. The van der Waals surface area contributed by atoms with E-state index in [9.17, 15) is 13.2 Å². The number of rotatable bonds is 5. The van der Waals surface area contributed by atoms with Gasteiger partial charge in [0, 0.05) is 30.7 Å². The Morgan fingerprint density at radius 1 is 1.03 bits per heavy atom. The van der Waals surface area contributed by atoms with Crippen molar-refractivity contribution in [2.45, 2.75) is 17.9 Å². The molecule has 32 heavy (non-hydrogen) atoms. The van der Waals surface area contributed by atoms with E-state index in [1.54, 1.807) is 48.4 Å². The van der Waals surface area contributed by atoms with Gasteiger partial charge in [0.05, 0.1) is 17.7 Å². The first-order valence-electron chi connectivity index (χ1n) is 10.1. The fourth-order valence-corrected chi connectivity index (χ4v) is 5.19. The van der Waals surface area contributed by atoms with Gasteiger partial charge in [-0.25, -0.2) is 8.42 Å². The average Bonchev–Trinajstić information content (AvgIpc) is 2.82. The summed E-state index contributed by atoms with van der Waals surface area (Å²) in [4.78, 5) is 15.0. The number of fused-ring (bicyclic) bond motifs is 1. The monoisotopic (exact) mass is 470 g/mol. The van der Waals surface area contributed by atoms with E-state index in [0.29, 0.717) is 29.4 Å². The van der Waals surface area contributed by atoms with Crippen LogP contribution in [0.1, 0.15) is 21.5 Å². The van der Waals surface area contributed by atoms with Gasteiger partial charge >= 0.3 is 0 Å². The molecule has 0 bridgehead atoms. The van der Waals surface area contributed by atoms with Crippen molar-refractivity contribution in [3.05, 3.63) is 88.4 Å². The minimum Gasteiger partial charge on any atom is -0.497 e. The Morgan fingerprint density at radius 3 is 2.56 bits per heavy atom. The summed E-state index contributed by atoms with van der Waals surface area (Å²) in [5.74, 6) is 0.538. The molecule has 8 heteroatoms. The third kappa shape index (κ3) is 4.31. The number of ether oxygens (including phenoxy) is 1. The van der Waals surface area contributed by atoms with Crippen LogP contribution in [0.2, 0.25) is 5.02 Å². The molecular formula is C24H23ClN2O4S. The Labute approximate surface area is 193 Å². The Morgan fingerprint density at radius 2 is 1.81 bits per heavy atom. The molecule has 1 aliphatic heterocycles. The molecular weight excluding hydrogens is 448 g/mol. The van der Waals surface area contributed by atoms with Gasteiger partial charge in [-0.15, -0.1) is 0 Å². The highest BCUT2D eigenvalue weighted by atomic mass is 35.5. The number of anilines is 1. The molecule has 4 rings (SSSR count). The summed E-state index contributed by atoms with van der Waals surface area (Å²) in [6.45, 7) is 1.02. The molecule has 1 aliphatic rings. The van der Waals surface area contributed by atoms with E-state index >= 15 is 0 Å². The molecule has 0 unspecified atom stereocenters. The molecule has 0 aliphatic carbocycles. The summed E-state index contributed by atoms with van der Waals surface area (Å²) in [6, 6.07) is 18.6. The number of hydrogen-bond acceptors (Lipinski definition) is 4. The second-order valence-electron chi connectivity index (χ2n) is 7.59.